The van der Waals surface area contributed by atoms with Crippen molar-refractivity contribution in [3.05, 3.63) is 81.7 Å². The maximum atomic E-state index is 14.6. The molecule has 6 rings (SSSR count). The molecular weight excluding hydrogens is 1070 g/mol. The number of aromatic nitrogens is 3. The van der Waals surface area contributed by atoms with Crippen molar-refractivity contribution < 1.29 is 66.2 Å². The van der Waals surface area contributed by atoms with E-state index >= 15 is 0 Å². The number of pyridine rings is 1. The number of oxime groups is 1. The highest BCUT2D eigenvalue weighted by atomic mass is 35.5. The Kier molecular flexibility index (Phi) is 19.3. The zero-order chi connectivity index (χ0) is 56.8. The van der Waals surface area contributed by atoms with Crippen LogP contribution in [0.1, 0.15) is 80.0 Å². The first-order valence-corrected chi connectivity index (χ1v) is 29.8. The molecule has 26 heteroatoms. The minimum atomic E-state index is -2.49. The number of carbonyl (C=O) groups is 6. The van der Waals surface area contributed by atoms with Gasteiger partial charge in [0, 0.05) is 49.8 Å². The molecule has 2 aliphatic rings. The van der Waals surface area contributed by atoms with Crippen LogP contribution in [0.5, 0.6) is 5.75 Å². The zero-order valence-corrected chi connectivity index (χ0v) is 49.0. The van der Waals surface area contributed by atoms with E-state index in [1.54, 1.807) is 64.1 Å². The molecule has 0 saturated carbocycles. The molecule has 3 aromatic heterocycles. The van der Waals surface area contributed by atoms with Crippen LogP contribution in [0, 0.1) is 0 Å². The summed E-state index contributed by atoms with van der Waals surface area (Å²) >= 11 is 8.78. The highest BCUT2D eigenvalue weighted by molar-refractivity contribution is 8.00. The Labute approximate surface area is 463 Å². The number of benzene rings is 1. The molecule has 0 spiro atoms. The summed E-state index contributed by atoms with van der Waals surface area (Å²) in [6.45, 7) is 21.2. The molecule has 1 fully saturated rings. The summed E-state index contributed by atoms with van der Waals surface area (Å²) in [7, 11) is 6.05. The summed E-state index contributed by atoms with van der Waals surface area (Å²) in [6.07, 6.45) is 1.66. The van der Waals surface area contributed by atoms with Gasteiger partial charge in [0.2, 0.25) is 11.6 Å². The van der Waals surface area contributed by atoms with E-state index in [4.69, 9.17) is 47.9 Å². The van der Waals surface area contributed by atoms with Crippen LogP contribution < -0.4 is 19.9 Å². The number of hydrogen-bond acceptors (Lipinski definition) is 17. The summed E-state index contributed by atoms with van der Waals surface area (Å²) in [5.74, 6) is -2.60. The molecule has 0 bridgehead atoms. The number of hydrogen-bond donors (Lipinski definition) is 2. The van der Waals surface area contributed by atoms with Gasteiger partial charge in [0.15, 0.2) is 31.9 Å². The van der Waals surface area contributed by atoms with Crippen molar-refractivity contribution in [1.82, 2.24) is 24.7 Å². The van der Waals surface area contributed by atoms with Gasteiger partial charge in [0.05, 0.1) is 13.7 Å². The molecular formula is C51H67BClN8O13S2Si+. The Hall–Kier alpha value is -6.15. The molecule has 4 amide bonds. The fraction of sp³-hybridized carbons (Fsp3) is 0.510. The molecule has 2 aliphatic heterocycles. The van der Waals surface area contributed by atoms with Crippen molar-refractivity contribution in [1.29, 1.82) is 0 Å². The summed E-state index contributed by atoms with van der Waals surface area (Å²) in [5, 5.41) is 8.12. The largest absolute Gasteiger partial charge is 0.541 e. The number of rotatable bonds is 20. The van der Waals surface area contributed by atoms with Crippen molar-refractivity contribution in [2.45, 2.75) is 135 Å². The number of nitrogens with zero attached hydrogens (tertiary/aromatic N) is 6. The molecule has 2 N–H and O–H groups in total. The number of ether oxygens (including phenoxy) is 4. The van der Waals surface area contributed by atoms with Gasteiger partial charge < -0.3 is 47.6 Å². The number of carbonyl (C=O) groups excluding carboxylic acids is 6. The van der Waals surface area contributed by atoms with Crippen LogP contribution in [0.2, 0.25) is 22.5 Å². The lowest BCUT2D eigenvalue weighted by molar-refractivity contribution is -0.663. The van der Waals surface area contributed by atoms with Gasteiger partial charge in [-0.1, -0.05) is 61.0 Å². The van der Waals surface area contributed by atoms with Gasteiger partial charge in [-0.15, -0.1) is 11.8 Å². The number of fused-ring (bicyclic) bond motifs is 2. The molecule has 3 atom stereocenters. The van der Waals surface area contributed by atoms with Crippen molar-refractivity contribution in [2.75, 3.05) is 38.4 Å². The number of amides is 4. The van der Waals surface area contributed by atoms with E-state index in [2.05, 4.69) is 30.0 Å². The van der Waals surface area contributed by atoms with E-state index in [0.717, 1.165) is 22.4 Å². The summed E-state index contributed by atoms with van der Waals surface area (Å²) in [6, 6.07) is 11.6. The third-order valence-electron chi connectivity index (χ3n) is 12.5. The molecule has 21 nitrogen and oxygen atoms in total. The van der Waals surface area contributed by atoms with E-state index in [1.165, 1.54) is 16.7 Å². The Balaban J connectivity index is 1.29. The number of esters is 1. The van der Waals surface area contributed by atoms with Crippen LogP contribution in [0.15, 0.2) is 71.3 Å². The second-order valence-corrected chi connectivity index (χ2v) is 29.2. The molecule has 2 unspecified atom stereocenters. The Morgan fingerprint density at radius 2 is 1.70 bits per heavy atom. The fourth-order valence-corrected chi connectivity index (χ4v) is 10.9. The molecule has 414 valence electrons. The molecule has 1 saturated heterocycles. The Bertz CT molecular complexity index is 2910. The van der Waals surface area contributed by atoms with Gasteiger partial charge in [0.25, 0.3) is 11.8 Å². The van der Waals surface area contributed by atoms with E-state index in [-0.39, 0.29) is 51.4 Å². The number of aryl methyl sites for hydroxylation is 1. The number of halogens is 1. The molecule has 0 aliphatic carbocycles. The first-order valence-electron chi connectivity index (χ1n) is 24.6. The highest BCUT2D eigenvalue weighted by Gasteiger charge is 2.55. The summed E-state index contributed by atoms with van der Waals surface area (Å²) in [5.41, 5.74) is 0.710. The van der Waals surface area contributed by atoms with Crippen LogP contribution >= 0.6 is 34.7 Å². The van der Waals surface area contributed by atoms with Crippen LogP contribution in [0.4, 0.5) is 14.7 Å². The molecule has 77 heavy (non-hydrogen) atoms. The Morgan fingerprint density at radius 1 is 1.01 bits per heavy atom. The third kappa shape index (κ3) is 15.3. The summed E-state index contributed by atoms with van der Waals surface area (Å²) in [4.78, 5) is 94.7. The Morgan fingerprint density at radius 3 is 2.34 bits per heavy atom. The van der Waals surface area contributed by atoms with Crippen molar-refractivity contribution in [3.8, 4) is 5.75 Å². The van der Waals surface area contributed by atoms with E-state index in [0.29, 0.717) is 36.4 Å². The predicted molar refractivity (Wildman–Crippen MR) is 294 cm³/mol. The third-order valence-corrected chi connectivity index (χ3v) is 19.5. The number of methoxy groups -OCH3 is 1. The van der Waals surface area contributed by atoms with Crippen LogP contribution in [-0.2, 0) is 67.0 Å². The average Bonchev–Trinajstić information content (AvgIpc) is 3.96. The zero-order valence-electron chi connectivity index (χ0n) is 45.6. The quantitative estimate of drug-likeness (QED) is 0.0166. The van der Waals surface area contributed by atoms with E-state index in [1.807, 2.05) is 89.8 Å². The van der Waals surface area contributed by atoms with E-state index in [9.17, 15) is 28.8 Å². The molecule has 4 aromatic rings. The van der Waals surface area contributed by atoms with Crippen molar-refractivity contribution >= 4 is 109 Å². The lowest BCUT2D eigenvalue weighted by Gasteiger charge is -2.49. The minimum absolute atomic E-state index is 0.0226. The molecule has 5 heterocycles. The lowest BCUT2D eigenvalue weighted by atomic mass is 10.0. The maximum absolute atomic E-state index is 14.6. The minimum Gasteiger partial charge on any atom is -0.541 e. The standard InChI is InChI=1S/C51H66BClN8O13S2Si/c1-49(2,3)71-47(66)56-46-55-36(40(53)76-46)37(57-74-35(44(64)73-52)28-70-77(12,13)51(7,8)9)41(62)54-38-42(63)61-39(45(65)69-27-30-17-19-32(68-11)20-18-30)31(29-75-43(38)61)26-60-23-14-16-33-34(60)21-25-59(33)24-15-22-58(10)48(67)72-50(4,5)6/h14,16-21,23,25,35,38,43H,15,22,24,26-29H2,1-13H3,(H-,54,55,56,62,66)/p+1/b57-37-/t35-,38?,43?/m1/s1. The monoisotopic (exact) mass is 1140 g/mol. The second-order valence-electron chi connectivity index (χ2n) is 21.7. The fourth-order valence-electron chi connectivity index (χ4n) is 7.52. The molecule has 1 aromatic carbocycles. The normalized spacial score (nSPS) is 16.5. The van der Waals surface area contributed by atoms with Gasteiger partial charge in [0.1, 0.15) is 56.2 Å². The van der Waals surface area contributed by atoms with Gasteiger partial charge in [-0.05, 0) is 89.9 Å². The van der Waals surface area contributed by atoms with Gasteiger partial charge in [-0.3, -0.25) is 19.8 Å². The SMILES string of the molecule is [B]OC(=O)[C@@H](CO[Si](C)(C)C(C)(C)C)O/N=C(\C(=O)NC1C(=O)N2C(C(=O)OCc3ccc(OC)cc3)=C(C[n+]3cccc4c3ccn4CCCN(C)C(=O)OC(C)(C)C)CSC12)c1nc(NC(=O)OC(C)(C)C)sc1Cl. The first-order chi connectivity index (χ1) is 36.0. The lowest BCUT2D eigenvalue weighted by Crippen LogP contribution is -2.71. The smallest absolute Gasteiger partial charge is 0.413 e. The first kappa shape index (κ1) is 60.1. The number of β-lactam (4-membered cyclic amide) rings is 1. The topological polar surface area (TPSA) is 232 Å². The highest BCUT2D eigenvalue weighted by Crippen LogP contribution is 2.42. The van der Waals surface area contributed by atoms with Crippen molar-refractivity contribution in [3.63, 3.8) is 0 Å². The van der Waals surface area contributed by atoms with Gasteiger partial charge >= 0.3 is 32.2 Å². The van der Waals surface area contributed by atoms with Gasteiger partial charge in [-0.25, -0.2) is 24.2 Å². The number of thiazole rings is 1. The molecule has 2 radical (unpaired) electrons. The second kappa shape index (κ2) is 24.7. The number of anilines is 1. The van der Waals surface area contributed by atoms with Crippen LogP contribution in [0.25, 0.3) is 11.0 Å². The summed E-state index contributed by atoms with van der Waals surface area (Å²) < 4.78 is 36.7. The van der Waals surface area contributed by atoms with E-state index < -0.39 is 78.7 Å². The maximum Gasteiger partial charge on any atom is 0.413 e. The number of thioether (sulfide) groups is 1. The van der Waals surface area contributed by atoms with Crippen molar-refractivity contribution in [2.24, 2.45) is 5.16 Å². The predicted octanol–water partition coefficient (Wildman–Crippen LogP) is 7.49. The van der Waals surface area contributed by atoms with Crippen LogP contribution in [0.3, 0.4) is 0 Å². The van der Waals surface area contributed by atoms with Gasteiger partial charge in [-0.2, -0.15) is 4.57 Å². The number of nitrogens with one attached hydrogen (secondary N) is 2. The van der Waals surface area contributed by atoms with Crippen LogP contribution in [-0.4, -0.2) is 139 Å². The average molecular weight is 1140 g/mol.